The number of amides is 1. The van der Waals surface area contributed by atoms with Gasteiger partial charge in [0, 0.05) is 18.0 Å². The van der Waals surface area contributed by atoms with E-state index in [2.05, 4.69) is 48.2 Å². The lowest BCUT2D eigenvalue weighted by atomic mass is 10.0. The first-order chi connectivity index (χ1) is 17.5. The molecule has 36 heavy (non-hydrogen) atoms. The summed E-state index contributed by atoms with van der Waals surface area (Å²) in [7, 11) is 0. The molecule has 1 unspecified atom stereocenters. The number of thioether (sulfide) groups is 1. The van der Waals surface area contributed by atoms with Crippen molar-refractivity contribution in [1.82, 2.24) is 4.90 Å². The van der Waals surface area contributed by atoms with Crippen LogP contribution >= 0.6 is 11.8 Å². The van der Waals surface area contributed by atoms with Crippen molar-refractivity contribution < 1.29 is 9.90 Å². The minimum atomic E-state index is -0.355. The lowest BCUT2D eigenvalue weighted by Gasteiger charge is -2.26. The molecule has 1 atom stereocenters. The lowest BCUT2D eigenvalue weighted by molar-refractivity contribution is -0.118. The molecule has 0 aliphatic carbocycles. The maximum Gasteiger partial charge on any atom is 0.255 e. The monoisotopic (exact) mass is 494 g/mol. The summed E-state index contributed by atoms with van der Waals surface area (Å²) in [5.74, 6) is -0.310. The Morgan fingerprint density at radius 3 is 1.97 bits per heavy atom. The molecule has 0 aliphatic heterocycles. The van der Waals surface area contributed by atoms with E-state index in [-0.39, 0.29) is 17.6 Å². The van der Waals surface area contributed by atoms with Crippen LogP contribution in [0.25, 0.3) is 0 Å². The molecule has 0 radical (unpaired) electrons. The Morgan fingerprint density at radius 2 is 1.36 bits per heavy atom. The first-order valence-corrected chi connectivity index (χ1v) is 12.8. The molecule has 1 N–H and O–H groups in total. The van der Waals surface area contributed by atoms with Crippen LogP contribution in [0.2, 0.25) is 0 Å². The van der Waals surface area contributed by atoms with E-state index >= 15 is 0 Å². The predicted octanol–water partition coefficient (Wildman–Crippen LogP) is 7.18. The van der Waals surface area contributed by atoms with Crippen molar-refractivity contribution in [2.24, 2.45) is 4.99 Å². The van der Waals surface area contributed by atoms with Gasteiger partial charge in [0.15, 0.2) is 5.17 Å². The van der Waals surface area contributed by atoms with Gasteiger partial charge in [-0.1, -0.05) is 102 Å². The summed E-state index contributed by atoms with van der Waals surface area (Å²) < 4.78 is 0. The first-order valence-electron chi connectivity index (χ1n) is 12.0. The van der Waals surface area contributed by atoms with Gasteiger partial charge >= 0.3 is 0 Å². The van der Waals surface area contributed by atoms with Crippen molar-refractivity contribution >= 4 is 22.8 Å². The van der Waals surface area contributed by atoms with Crippen molar-refractivity contribution in [2.45, 2.75) is 37.8 Å². The van der Waals surface area contributed by atoms with Crippen LogP contribution < -0.4 is 0 Å². The van der Waals surface area contributed by atoms with Gasteiger partial charge in [0.25, 0.3) is 5.91 Å². The Kier molecular flexibility index (Phi) is 8.58. The van der Waals surface area contributed by atoms with Gasteiger partial charge in [-0.05, 0) is 54.8 Å². The second-order valence-electron chi connectivity index (χ2n) is 8.79. The number of hydrogen-bond acceptors (Lipinski definition) is 3. The van der Waals surface area contributed by atoms with E-state index in [4.69, 9.17) is 4.99 Å². The third-order valence-corrected chi connectivity index (χ3v) is 6.94. The molecule has 0 aromatic heterocycles. The van der Waals surface area contributed by atoms with Crippen LogP contribution in [0.3, 0.4) is 0 Å². The van der Waals surface area contributed by atoms with E-state index in [0.717, 1.165) is 21.6 Å². The van der Waals surface area contributed by atoms with Gasteiger partial charge in [-0.2, -0.15) is 4.99 Å². The summed E-state index contributed by atoms with van der Waals surface area (Å²) in [6.45, 7) is 5.09. The number of phenols is 1. The maximum absolute atomic E-state index is 13.4. The zero-order chi connectivity index (χ0) is 25.3. The molecule has 4 aromatic carbocycles. The Balaban J connectivity index is 1.71. The SMILES string of the molecule is Cc1ccc(SC(=NC(=O)C(C)c2ccccc2)N(Cc2ccccc2)Cc2ccc(O)cc2)cc1. The number of aliphatic imine (C=N–C) groups is 1. The topological polar surface area (TPSA) is 52.9 Å². The van der Waals surface area contributed by atoms with Crippen LogP contribution in [0.1, 0.15) is 35.1 Å². The second-order valence-corrected chi connectivity index (χ2v) is 9.83. The fourth-order valence-corrected chi connectivity index (χ4v) is 4.64. The van der Waals surface area contributed by atoms with E-state index in [0.29, 0.717) is 18.3 Å². The molecular formula is C31H30N2O2S. The Labute approximate surface area is 217 Å². The van der Waals surface area contributed by atoms with Gasteiger partial charge in [-0.3, -0.25) is 4.79 Å². The highest BCUT2D eigenvalue weighted by Gasteiger charge is 2.20. The van der Waals surface area contributed by atoms with Crippen molar-refractivity contribution in [3.05, 3.63) is 131 Å². The standard InChI is InChI=1S/C31H30N2O2S/c1-23-13-19-29(20-14-23)36-31(32-30(35)24(2)27-11-7-4-8-12-27)33(21-25-9-5-3-6-10-25)22-26-15-17-28(34)18-16-26/h3-20,24,34H,21-22H2,1-2H3. The number of phenolic OH excluding ortho intramolecular Hbond substituents is 1. The quantitative estimate of drug-likeness (QED) is 0.168. The third-order valence-electron chi connectivity index (χ3n) is 5.90. The summed E-state index contributed by atoms with van der Waals surface area (Å²) in [5.41, 5.74) is 4.26. The molecule has 0 fully saturated rings. The van der Waals surface area contributed by atoms with E-state index in [1.165, 1.54) is 17.3 Å². The molecule has 1 amide bonds. The molecule has 0 bridgehead atoms. The van der Waals surface area contributed by atoms with Gasteiger partial charge < -0.3 is 10.0 Å². The van der Waals surface area contributed by atoms with Crippen LogP contribution in [0.15, 0.2) is 119 Å². The zero-order valence-electron chi connectivity index (χ0n) is 20.5. The molecule has 0 saturated carbocycles. The fraction of sp³-hybridized carbons (Fsp3) is 0.161. The van der Waals surface area contributed by atoms with Crippen molar-refractivity contribution in [3.63, 3.8) is 0 Å². The van der Waals surface area contributed by atoms with Crippen molar-refractivity contribution in [2.75, 3.05) is 0 Å². The van der Waals surface area contributed by atoms with E-state index < -0.39 is 0 Å². The summed E-state index contributed by atoms with van der Waals surface area (Å²) >= 11 is 1.49. The van der Waals surface area contributed by atoms with E-state index in [1.807, 2.05) is 67.6 Å². The molecule has 4 nitrogen and oxygen atoms in total. The zero-order valence-corrected chi connectivity index (χ0v) is 21.4. The second kappa shape index (κ2) is 12.2. The average molecular weight is 495 g/mol. The minimum Gasteiger partial charge on any atom is -0.508 e. The number of carbonyl (C=O) groups is 1. The third kappa shape index (κ3) is 7.09. The number of aryl methyl sites for hydroxylation is 1. The number of rotatable bonds is 7. The first kappa shape index (κ1) is 25.3. The molecule has 5 heteroatoms. The van der Waals surface area contributed by atoms with Crippen LogP contribution in [0.4, 0.5) is 0 Å². The largest absolute Gasteiger partial charge is 0.508 e. The highest BCUT2D eigenvalue weighted by atomic mass is 32.2. The molecule has 0 heterocycles. The molecule has 0 aliphatic rings. The number of aromatic hydroxyl groups is 1. The fourth-order valence-electron chi connectivity index (χ4n) is 3.76. The number of nitrogens with zero attached hydrogens (tertiary/aromatic N) is 2. The molecule has 4 aromatic rings. The Hall–Kier alpha value is -3.83. The van der Waals surface area contributed by atoms with E-state index in [1.54, 1.807) is 12.1 Å². The summed E-state index contributed by atoms with van der Waals surface area (Å²) in [6, 6.07) is 35.3. The Bertz CT molecular complexity index is 1290. The van der Waals surface area contributed by atoms with Gasteiger partial charge in [0.2, 0.25) is 0 Å². The minimum absolute atomic E-state index is 0.181. The number of amidine groups is 1. The lowest BCUT2D eigenvalue weighted by Crippen LogP contribution is -2.29. The predicted molar refractivity (Wildman–Crippen MR) is 148 cm³/mol. The van der Waals surface area contributed by atoms with Gasteiger partial charge in [0.05, 0.1) is 5.92 Å². The van der Waals surface area contributed by atoms with Crippen molar-refractivity contribution in [3.8, 4) is 5.75 Å². The molecular weight excluding hydrogens is 464 g/mol. The number of carbonyl (C=O) groups excluding carboxylic acids is 1. The molecule has 0 saturated heterocycles. The molecule has 0 spiro atoms. The summed E-state index contributed by atoms with van der Waals surface area (Å²) in [5, 5.41) is 10.4. The van der Waals surface area contributed by atoms with Crippen LogP contribution in [-0.4, -0.2) is 21.1 Å². The van der Waals surface area contributed by atoms with Crippen LogP contribution in [0.5, 0.6) is 5.75 Å². The smallest absolute Gasteiger partial charge is 0.255 e. The van der Waals surface area contributed by atoms with Gasteiger partial charge in [-0.15, -0.1) is 0 Å². The average Bonchev–Trinajstić information content (AvgIpc) is 2.91. The highest BCUT2D eigenvalue weighted by Crippen LogP contribution is 2.27. The number of benzene rings is 4. The van der Waals surface area contributed by atoms with Crippen molar-refractivity contribution in [1.29, 1.82) is 0 Å². The maximum atomic E-state index is 13.4. The summed E-state index contributed by atoms with van der Waals surface area (Å²) in [6.07, 6.45) is 0. The van der Waals surface area contributed by atoms with Gasteiger partial charge in [0.1, 0.15) is 5.75 Å². The van der Waals surface area contributed by atoms with E-state index in [9.17, 15) is 9.90 Å². The Morgan fingerprint density at radius 1 is 0.806 bits per heavy atom. The molecule has 182 valence electrons. The highest BCUT2D eigenvalue weighted by molar-refractivity contribution is 8.13. The number of hydrogen-bond donors (Lipinski definition) is 1. The van der Waals surface area contributed by atoms with Gasteiger partial charge in [-0.25, -0.2) is 0 Å². The van der Waals surface area contributed by atoms with Crippen LogP contribution in [0, 0.1) is 6.92 Å². The normalized spacial score (nSPS) is 12.2. The summed E-state index contributed by atoms with van der Waals surface area (Å²) in [4.78, 5) is 21.2. The van der Waals surface area contributed by atoms with Crippen LogP contribution in [-0.2, 0) is 17.9 Å². The molecule has 4 rings (SSSR count).